The van der Waals surface area contributed by atoms with Crippen LogP contribution in [0.15, 0.2) is 0 Å². The number of methoxy groups -OCH3 is 1. The summed E-state index contributed by atoms with van der Waals surface area (Å²) in [5.74, 6) is -1.69. The minimum atomic E-state index is -0.960. The van der Waals surface area contributed by atoms with E-state index < -0.39 is 24.1 Å². The molecular formula is C9H15IO5. The summed E-state index contributed by atoms with van der Waals surface area (Å²) in [6, 6.07) is 0. The molecule has 5 nitrogen and oxygen atoms in total. The number of carboxylic acids is 1. The summed E-state index contributed by atoms with van der Waals surface area (Å²) < 4.78 is 4.61. The van der Waals surface area contributed by atoms with Crippen LogP contribution in [0.3, 0.4) is 0 Å². The molecule has 1 aliphatic rings. The van der Waals surface area contributed by atoms with Crippen molar-refractivity contribution in [3.8, 4) is 0 Å². The zero-order chi connectivity index (χ0) is 11.6. The molecule has 0 aliphatic heterocycles. The Morgan fingerprint density at radius 2 is 1.87 bits per heavy atom. The number of ether oxygens (including phenoxy) is 1. The zero-order valence-electron chi connectivity index (χ0n) is 8.34. The smallest absolute Gasteiger partial charge is 0.303 e. The largest absolute Gasteiger partial charge is 0.481 e. The van der Waals surface area contributed by atoms with Crippen molar-refractivity contribution in [1.82, 2.24) is 0 Å². The Balaban J connectivity index is 2.75. The Bertz CT molecular complexity index is 235. The highest BCUT2D eigenvalue weighted by atomic mass is 127. The van der Waals surface area contributed by atoms with Crippen molar-refractivity contribution in [1.29, 1.82) is 0 Å². The zero-order valence-corrected chi connectivity index (χ0v) is 10.5. The summed E-state index contributed by atoms with van der Waals surface area (Å²) >= 11 is 1.95. The standard InChI is InChI=1S/C9H15IO5/c1-15-3-5-4(2-6(11)12)8(13)7(10)9(5)14/h4-5,7-9,13-14H,2-3H2,1H3,(H,11,12). The first kappa shape index (κ1) is 13.1. The van der Waals surface area contributed by atoms with E-state index in [1.165, 1.54) is 7.11 Å². The van der Waals surface area contributed by atoms with E-state index in [0.29, 0.717) is 0 Å². The third kappa shape index (κ3) is 2.80. The van der Waals surface area contributed by atoms with Gasteiger partial charge in [0.25, 0.3) is 0 Å². The average molecular weight is 330 g/mol. The van der Waals surface area contributed by atoms with Crippen LogP contribution in [-0.4, -0.2) is 51.1 Å². The minimum Gasteiger partial charge on any atom is -0.481 e. The summed E-state index contributed by atoms with van der Waals surface area (Å²) in [6.45, 7) is 0.273. The third-order valence-electron chi connectivity index (χ3n) is 2.85. The predicted octanol–water partition coefficient (Wildman–Crippen LogP) is -0.121. The summed E-state index contributed by atoms with van der Waals surface area (Å²) in [5, 5.41) is 28.3. The van der Waals surface area contributed by atoms with E-state index in [0.717, 1.165) is 0 Å². The quantitative estimate of drug-likeness (QED) is 0.494. The second kappa shape index (κ2) is 5.42. The van der Waals surface area contributed by atoms with Gasteiger partial charge in [0, 0.05) is 18.9 Å². The van der Waals surface area contributed by atoms with Crippen LogP contribution in [0.1, 0.15) is 6.42 Å². The number of hydrogen-bond acceptors (Lipinski definition) is 4. The van der Waals surface area contributed by atoms with Crippen molar-refractivity contribution in [2.24, 2.45) is 11.8 Å². The number of aliphatic carboxylic acids is 1. The molecule has 0 heterocycles. The van der Waals surface area contributed by atoms with Crippen LogP contribution in [0.25, 0.3) is 0 Å². The summed E-state index contributed by atoms with van der Waals surface area (Å²) in [4.78, 5) is 10.6. The molecule has 6 heteroatoms. The number of halogens is 1. The lowest BCUT2D eigenvalue weighted by Gasteiger charge is -2.20. The van der Waals surface area contributed by atoms with Gasteiger partial charge in [-0.05, 0) is 0 Å². The Hall–Kier alpha value is 0.0800. The molecule has 0 aromatic rings. The molecule has 0 amide bonds. The van der Waals surface area contributed by atoms with Gasteiger partial charge in [0.05, 0.1) is 29.2 Å². The van der Waals surface area contributed by atoms with Crippen LogP contribution in [0.2, 0.25) is 0 Å². The van der Waals surface area contributed by atoms with Gasteiger partial charge in [-0.2, -0.15) is 0 Å². The van der Waals surface area contributed by atoms with E-state index in [-0.39, 0.29) is 22.9 Å². The second-order valence-corrected chi connectivity index (χ2v) is 5.24. The van der Waals surface area contributed by atoms with Crippen molar-refractivity contribution in [2.75, 3.05) is 13.7 Å². The number of carboxylic acid groups (broad SMARTS) is 1. The van der Waals surface area contributed by atoms with Gasteiger partial charge in [0.2, 0.25) is 0 Å². The Kier molecular flexibility index (Phi) is 4.75. The first-order valence-electron chi connectivity index (χ1n) is 4.70. The molecule has 0 spiro atoms. The van der Waals surface area contributed by atoms with Crippen molar-refractivity contribution < 1.29 is 24.9 Å². The lowest BCUT2D eigenvalue weighted by molar-refractivity contribution is -0.139. The van der Waals surface area contributed by atoms with Crippen LogP contribution < -0.4 is 0 Å². The molecular weight excluding hydrogens is 315 g/mol. The number of aliphatic hydroxyl groups is 2. The maximum atomic E-state index is 10.6. The van der Waals surface area contributed by atoms with Crippen molar-refractivity contribution in [3.05, 3.63) is 0 Å². The highest BCUT2D eigenvalue weighted by Crippen LogP contribution is 2.39. The molecule has 88 valence electrons. The van der Waals surface area contributed by atoms with Crippen LogP contribution >= 0.6 is 22.6 Å². The molecule has 1 saturated carbocycles. The van der Waals surface area contributed by atoms with Gasteiger partial charge in [-0.1, -0.05) is 22.6 Å². The van der Waals surface area contributed by atoms with Crippen LogP contribution in [0.4, 0.5) is 0 Å². The fourth-order valence-electron chi connectivity index (χ4n) is 2.07. The number of aliphatic hydroxyl groups excluding tert-OH is 2. The topological polar surface area (TPSA) is 87.0 Å². The van der Waals surface area contributed by atoms with Crippen LogP contribution in [0, 0.1) is 11.8 Å². The molecule has 0 saturated heterocycles. The molecule has 5 unspecified atom stereocenters. The van der Waals surface area contributed by atoms with E-state index >= 15 is 0 Å². The molecule has 0 radical (unpaired) electrons. The predicted molar refractivity (Wildman–Crippen MR) is 60.9 cm³/mol. The van der Waals surface area contributed by atoms with Crippen molar-refractivity contribution in [3.63, 3.8) is 0 Å². The van der Waals surface area contributed by atoms with Gasteiger partial charge in [-0.15, -0.1) is 0 Å². The van der Waals surface area contributed by atoms with E-state index in [1.54, 1.807) is 0 Å². The molecule has 1 rings (SSSR count). The maximum Gasteiger partial charge on any atom is 0.303 e. The second-order valence-electron chi connectivity index (χ2n) is 3.81. The van der Waals surface area contributed by atoms with E-state index in [9.17, 15) is 15.0 Å². The first-order valence-corrected chi connectivity index (χ1v) is 5.94. The normalized spacial score (nSPS) is 40.7. The van der Waals surface area contributed by atoms with Crippen LogP contribution in [0.5, 0.6) is 0 Å². The van der Waals surface area contributed by atoms with E-state index in [4.69, 9.17) is 9.84 Å². The SMILES string of the molecule is COCC1C(O)C(I)C(O)C1CC(=O)O. The van der Waals surface area contributed by atoms with Crippen molar-refractivity contribution in [2.45, 2.75) is 22.6 Å². The highest BCUT2D eigenvalue weighted by Gasteiger charge is 2.48. The van der Waals surface area contributed by atoms with Gasteiger partial charge < -0.3 is 20.1 Å². The number of carbonyl (C=O) groups is 1. The van der Waals surface area contributed by atoms with Gasteiger partial charge >= 0.3 is 5.97 Å². The molecule has 0 aromatic heterocycles. The molecule has 3 N–H and O–H groups in total. The minimum absolute atomic E-state index is 0.133. The van der Waals surface area contributed by atoms with E-state index in [1.807, 2.05) is 22.6 Å². The molecule has 1 fully saturated rings. The summed E-state index contributed by atoms with van der Waals surface area (Å²) in [6.07, 6.45) is -1.62. The highest BCUT2D eigenvalue weighted by molar-refractivity contribution is 14.1. The molecule has 0 bridgehead atoms. The Morgan fingerprint density at radius 1 is 1.33 bits per heavy atom. The lowest BCUT2D eigenvalue weighted by Crippen LogP contribution is -2.28. The fraction of sp³-hybridized carbons (Fsp3) is 0.889. The number of hydrogen-bond donors (Lipinski definition) is 3. The van der Waals surface area contributed by atoms with Crippen LogP contribution in [-0.2, 0) is 9.53 Å². The van der Waals surface area contributed by atoms with Crippen molar-refractivity contribution >= 4 is 28.6 Å². The average Bonchev–Trinajstić information content (AvgIpc) is 2.35. The van der Waals surface area contributed by atoms with Gasteiger partial charge in [-0.3, -0.25) is 4.79 Å². The third-order valence-corrected chi connectivity index (χ3v) is 4.32. The van der Waals surface area contributed by atoms with E-state index in [2.05, 4.69) is 0 Å². The van der Waals surface area contributed by atoms with Gasteiger partial charge in [0.15, 0.2) is 0 Å². The monoisotopic (exact) mass is 330 g/mol. The lowest BCUT2D eigenvalue weighted by atomic mass is 9.91. The van der Waals surface area contributed by atoms with Gasteiger partial charge in [0.1, 0.15) is 0 Å². The summed E-state index contributed by atoms with van der Waals surface area (Å²) in [7, 11) is 1.50. The molecule has 0 aromatic carbocycles. The first-order chi connectivity index (χ1) is 6.99. The molecule has 5 atom stereocenters. The maximum absolute atomic E-state index is 10.6. The Morgan fingerprint density at radius 3 is 2.33 bits per heavy atom. The molecule has 1 aliphatic carbocycles. The Labute approximate surface area is 102 Å². The number of rotatable bonds is 4. The summed E-state index contributed by atoms with van der Waals surface area (Å²) in [5.41, 5.74) is 0. The number of alkyl halides is 1. The molecule has 15 heavy (non-hydrogen) atoms. The van der Waals surface area contributed by atoms with Gasteiger partial charge in [-0.25, -0.2) is 0 Å². The fourth-order valence-corrected chi connectivity index (χ4v) is 3.14.